The molecule has 0 spiro atoms. The molecule has 1 aromatic rings. The fraction of sp³-hybridized carbons (Fsp3) is 0.500. The van der Waals surface area contributed by atoms with Gasteiger partial charge in [-0.25, -0.2) is 4.39 Å². The first-order valence-electron chi connectivity index (χ1n) is 5.04. The molecule has 0 aliphatic carbocycles. The third-order valence-electron chi connectivity index (χ3n) is 2.15. The van der Waals surface area contributed by atoms with Gasteiger partial charge in [0.2, 0.25) is 0 Å². The minimum Gasteiger partial charge on any atom is -0.375 e. The molecule has 0 atom stereocenters. The first-order chi connectivity index (χ1) is 6.79. The van der Waals surface area contributed by atoms with Crippen LogP contribution in [0.2, 0.25) is 0 Å². The van der Waals surface area contributed by atoms with E-state index in [1.54, 1.807) is 11.0 Å². The minimum atomic E-state index is -0.262. The largest absolute Gasteiger partial charge is 0.375 e. The minimum absolute atomic E-state index is 0.196. The molecule has 1 rings (SSSR count). The van der Waals surface area contributed by atoms with Gasteiger partial charge in [-0.2, -0.15) is 0 Å². The molecule has 0 fully saturated rings. The molecular formula is C12H19FN2. The number of hydrogen-bond acceptors (Lipinski definition) is 2. The third kappa shape index (κ3) is 3.51. The summed E-state index contributed by atoms with van der Waals surface area (Å²) in [7, 11) is 3.66. The molecule has 0 bridgehead atoms. The molecule has 2 nitrogen and oxygen atoms in total. The van der Waals surface area contributed by atoms with Crippen molar-refractivity contribution in [3.05, 3.63) is 29.6 Å². The van der Waals surface area contributed by atoms with E-state index < -0.39 is 0 Å². The van der Waals surface area contributed by atoms with E-state index in [1.807, 2.05) is 34.0 Å². The zero-order valence-corrected chi connectivity index (χ0v) is 9.84. The Labute approximate surface area is 90.9 Å². The Kier molecular flexibility index (Phi) is 3.35. The molecule has 0 saturated heterocycles. The van der Waals surface area contributed by atoms with Crippen LogP contribution in [-0.4, -0.2) is 19.6 Å². The number of halogens is 1. The summed E-state index contributed by atoms with van der Waals surface area (Å²) in [6.07, 6.45) is 0.744. The van der Waals surface area contributed by atoms with Gasteiger partial charge in [-0.3, -0.25) is 0 Å². The Balaban J connectivity index is 2.98. The highest BCUT2D eigenvalue weighted by atomic mass is 19.1. The van der Waals surface area contributed by atoms with Crippen LogP contribution >= 0.6 is 0 Å². The van der Waals surface area contributed by atoms with Crippen LogP contribution in [0.25, 0.3) is 0 Å². The van der Waals surface area contributed by atoms with Crippen LogP contribution in [0.1, 0.15) is 19.4 Å². The second-order valence-corrected chi connectivity index (χ2v) is 4.85. The molecule has 3 heteroatoms. The van der Waals surface area contributed by atoms with Gasteiger partial charge in [0.05, 0.1) is 5.69 Å². The molecule has 0 saturated carbocycles. The number of nitrogens with zero attached hydrogens (tertiary/aromatic N) is 1. The van der Waals surface area contributed by atoms with Gasteiger partial charge in [-0.1, -0.05) is 6.07 Å². The van der Waals surface area contributed by atoms with Crippen molar-refractivity contribution in [3.63, 3.8) is 0 Å². The normalized spacial score (nSPS) is 11.6. The zero-order valence-electron chi connectivity index (χ0n) is 9.84. The van der Waals surface area contributed by atoms with Gasteiger partial charge in [0, 0.05) is 19.6 Å². The second kappa shape index (κ2) is 4.19. The summed E-state index contributed by atoms with van der Waals surface area (Å²) in [5.74, 6) is -0.196. The Morgan fingerprint density at radius 2 is 1.93 bits per heavy atom. The molecule has 84 valence electrons. The molecule has 0 amide bonds. The van der Waals surface area contributed by atoms with Gasteiger partial charge in [0.15, 0.2) is 0 Å². The first kappa shape index (κ1) is 12.0. The fourth-order valence-electron chi connectivity index (χ4n) is 1.54. The van der Waals surface area contributed by atoms with E-state index >= 15 is 0 Å². The second-order valence-electron chi connectivity index (χ2n) is 4.85. The van der Waals surface area contributed by atoms with Gasteiger partial charge in [-0.05, 0) is 38.0 Å². The van der Waals surface area contributed by atoms with Crippen molar-refractivity contribution in [2.75, 3.05) is 19.0 Å². The van der Waals surface area contributed by atoms with Crippen molar-refractivity contribution in [3.8, 4) is 0 Å². The predicted molar refractivity (Wildman–Crippen MR) is 62.7 cm³/mol. The SMILES string of the molecule is CN(C)c1cc(CC(C)(C)N)ccc1F. The summed E-state index contributed by atoms with van der Waals surface area (Å²) in [6.45, 7) is 3.93. The summed E-state index contributed by atoms with van der Waals surface area (Å²) in [6, 6.07) is 5.14. The summed E-state index contributed by atoms with van der Waals surface area (Å²) in [5.41, 5.74) is 7.33. The number of benzene rings is 1. The van der Waals surface area contributed by atoms with Crippen molar-refractivity contribution in [2.24, 2.45) is 5.73 Å². The molecule has 0 radical (unpaired) electrons. The number of rotatable bonds is 3. The predicted octanol–water partition coefficient (Wildman–Crippen LogP) is 2.17. The Bertz CT molecular complexity index is 340. The van der Waals surface area contributed by atoms with Crippen molar-refractivity contribution in [2.45, 2.75) is 25.8 Å². The van der Waals surface area contributed by atoms with Gasteiger partial charge in [0.25, 0.3) is 0 Å². The van der Waals surface area contributed by atoms with Crippen molar-refractivity contribution in [1.29, 1.82) is 0 Å². The Morgan fingerprint density at radius 1 is 1.33 bits per heavy atom. The smallest absolute Gasteiger partial charge is 0.146 e. The van der Waals surface area contributed by atoms with Gasteiger partial charge in [-0.15, -0.1) is 0 Å². The first-order valence-corrected chi connectivity index (χ1v) is 5.04. The van der Waals surface area contributed by atoms with Gasteiger partial charge < -0.3 is 10.6 Å². The van der Waals surface area contributed by atoms with Crippen LogP contribution in [0.4, 0.5) is 10.1 Å². The van der Waals surface area contributed by atoms with E-state index in [9.17, 15) is 4.39 Å². The lowest BCUT2D eigenvalue weighted by Crippen LogP contribution is -2.34. The highest BCUT2D eigenvalue weighted by molar-refractivity contribution is 5.48. The van der Waals surface area contributed by atoms with Crippen molar-refractivity contribution < 1.29 is 4.39 Å². The Hall–Kier alpha value is -1.09. The fourth-order valence-corrected chi connectivity index (χ4v) is 1.54. The topological polar surface area (TPSA) is 29.3 Å². The van der Waals surface area contributed by atoms with E-state index in [2.05, 4.69) is 0 Å². The van der Waals surface area contributed by atoms with Gasteiger partial charge in [0.1, 0.15) is 5.82 Å². The molecule has 0 aromatic heterocycles. The molecule has 15 heavy (non-hydrogen) atoms. The maximum Gasteiger partial charge on any atom is 0.146 e. The van der Waals surface area contributed by atoms with Crippen LogP contribution in [0.3, 0.4) is 0 Å². The Morgan fingerprint density at radius 3 is 2.40 bits per heavy atom. The average Bonchev–Trinajstić information content (AvgIpc) is 2.05. The van der Waals surface area contributed by atoms with Gasteiger partial charge >= 0.3 is 0 Å². The lowest BCUT2D eigenvalue weighted by Gasteiger charge is -2.20. The molecule has 0 aliphatic rings. The number of nitrogens with two attached hydrogens (primary N) is 1. The van der Waals surface area contributed by atoms with Crippen LogP contribution in [0, 0.1) is 5.82 Å². The molecule has 0 aliphatic heterocycles. The van der Waals surface area contributed by atoms with Crippen molar-refractivity contribution >= 4 is 5.69 Å². The molecule has 1 aromatic carbocycles. The molecular weight excluding hydrogens is 191 g/mol. The standard InChI is InChI=1S/C12H19FN2/c1-12(2,14)8-9-5-6-10(13)11(7-9)15(3)4/h5-7H,8,14H2,1-4H3. The third-order valence-corrected chi connectivity index (χ3v) is 2.15. The lowest BCUT2D eigenvalue weighted by atomic mass is 9.96. The molecule has 0 unspecified atom stereocenters. The van der Waals surface area contributed by atoms with E-state index in [-0.39, 0.29) is 11.4 Å². The maximum absolute atomic E-state index is 13.4. The van der Waals surface area contributed by atoms with E-state index in [0.717, 1.165) is 12.0 Å². The summed E-state index contributed by atoms with van der Waals surface area (Å²) in [5, 5.41) is 0. The summed E-state index contributed by atoms with van der Waals surface area (Å²) >= 11 is 0. The summed E-state index contributed by atoms with van der Waals surface area (Å²) < 4.78 is 13.4. The average molecular weight is 210 g/mol. The van der Waals surface area contributed by atoms with Crippen LogP contribution in [0.15, 0.2) is 18.2 Å². The summed E-state index contributed by atoms with van der Waals surface area (Å²) in [4.78, 5) is 1.77. The number of hydrogen-bond donors (Lipinski definition) is 1. The number of anilines is 1. The molecule has 0 heterocycles. The van der Waals surface area contributed by atoms with Crippen LogP contribution in [0.5, 0.6) is 0 Å². The monoisotopic (exact) mass is 210 g/mol. The highest BCUT2D eigenvalue weighted by Gasteiger charge is 2.13. The quantitative estimate of drug-likeness (QED) is 0.828. The maximum atomic E-state index is 13.4. The van der Waals surface area contributed by atoms with E-state index in [0.29, 0.717) is 5.69 Å². The van der Waals surface area contributed by atoms with Crippen molar-refractivity contribution in [1.82, 2.24) is 0 Å². The van der Waals surface area contributed by atoms with E-state index in [1.165, 1.54) is 6.07 Å². The van der Waals surface area contributed by atoms with E-state index in [4.69, 9.17) is 5.73 Å². The van der Waals surface area contributed by atoms with Crippen LogP contribution < -0.4 is 10.6 Å². The zero-order chi connectivity index (χ0) is 11.6. The van der Waals surface area contributed by atoms with Crippen LogP contribution in [-0.2, 0) is 6.42 Å². The molecule has 2 N–H and O–H groups in total. The highest BCUT2D eigenvalue weighted by Crippen LogP contribution is 2.20. The lowest BCUT2D eigenvalue weighted by molar-refractivity contribution is 0.516.